The highest BCUT2D eigenvalue weighted by molar-refractivity contribution is 5.72. The summed E-state index contributed by atoms with van der Waals surface area (Å²) in [5.41, 5.74) is -0.320. The van der Waals surface area contributed by atoms with Gasteiger partial charge in [-0.25, -0.2) is 0 Å². The Hall–Kier alpha value is -0.570. The largest absolute Gasteiger partial charge is 0.459 e. The third-order valence-corrected chi connectivity index (χ3v) is 2.71. The number of carbonyl (C=O) groups excluding carboxylic acids is 1. The van der Waals surface area contributed by atoms with Crippen LogP contribution >= 0.6 is 0 Å². The van der Waals surface area contributed by atoms with Crippen molar-refractivity contribution in [3.05, 3.63) is 0 Å². The van der Waals surface area contributed by atoms with E-state index in [1.807, 2.05) is 20.8 Å². The zero-order valence-electron chi connectivity index (χ0n) is 10.5. The van der Waals surface area contributed by atoms with Crippen LogP contribution in [0.15, 0.2) is 0 Å². The predicted molar refractivity (Wildman–Crippen MR) is 60.7 cm³/mol. The fraction of sp³-hybridized carbons (Fsp3) is 0.917. The van der Waals surface area contributed by atoms with Gasteiger partial charge in [0.2, 0.25) is 0 Å². The van der Waals surface area contributed by atoms with Crippen molar-refractivity contribution in [2.24, 2.45) is 5.92 Å². The Morgan fingerprint density at radius 2 is 1.80 bits per heavy atom. The molecule has 3 nitrogen and oxygen atoms in total. The van der Waals surface area contributed by atoms with Gasteiger partial charge in [0.15, 0.2) is 0 Å². The summed E-state index contributed by atoms with van der Waals surface area (Å²) in [6.45, 7) is 10.3. The molecule has 0 atom stereocenters. The molecule has 88 valence electrons. The minimum atomic E-state index is -0.386. The Morgan fingerprint density at radius 1 is 1.27 bits per heavy atom. The van der Waals surface area contributed by atoms with Gasteiger partial charge in [0.05, 0.1) is 6.54 Å². The Kier molecular flexibility index (Phi) is 3.44. The number of hydrogen-bond acceptors (Lipinski definition) is 3. The van der Waals surface area contributed by atoms with E-state index < -0.39 is 0 Å². The molecule has 0 aliphatic heterocycles. The molecule has 1 aliphatic rings. The van der Waals surface area contributed by atoms with E-state index in [0.29, 0.717) is 6.54 Å². The first-order chi connectivity index (χ1) is 6.71. The topological polar surface area (TPSA) is 38.3 Å². The molecule has 0 amide bonds. The molecule has 0 saturated heterocycles. The molecule has 0 bridgehead atoms. The van der Waals surface area contributed by atoms with E-state index in [2.05, 4.69) is 19.2 Å². The van der Waals surface area contributed by atoms with E-state index in [1.54, 1.807) is 0 Å². The first-order valence-corrected chi connectivity index (χ1v) is 5.67. The van der Waals surface area contributed by atoms with E-state index >= 15 is 0 Å². The van der Waals surface area contributed by atoms with Crippen LogP contribution in [0.3, 0.4) is 0 Å². The maximum absolute atomic E-state index is 11.5. The zero-order chi connectivity index (χ0) is 11.7. The highest BCUT2D eigenvalue weighted by Gasteiger charge is 2.37. The quantitative estimate of drug-likeness (QED) is 0.727. The lowest BCUT2D eigenvalue weighted by Crippen LogP contribution is -2.45. The van der Waals surface area contributed by atoms with Crippen molar-refractivity contribution in [2.45, 2.75) is 58.6 Å². The van der Waals surface area contributed by atoms with Crippen LogP contribution in [-0.4, -0.2) is 23.7 Å². The molecule has 0 aromatic rings. The van der Waals surface area contributed by atoms with Crippen molar-refractivity contribution in [1.82, 2.24) is 5.32 Å². The first-order valence-electron chi connectivity index (χ1n) is 5.67. The molecular weight excluding hydrogens is 190 g/mol. The number of ether oxygens (including phenoxy) is 1. The SMILES string of the molecule is CC(C)(C)OC(=O)CNC(C)(C)C1CC1. The van der Waals surface area contributed by atoms with Crippen LogP contribution in [0.1, 0.15) is 47.5 Å². The molecule has 3 heteroatoms. The Labute approximate surface area is 92.6 Å². The van der Waals surface area contributed by atoms with E-state index in [9.17, 15) is 4.79 Å². The standard InChI is InChI=1S/C12H23NO2/c1-11(2,3)15-10(14)8-13-12(4,5)9-6-7-9/h9,13H,6-8H2,1-5H3. The zero-order valence-corrected chi connectivity index (χ0v) is 10.5. The van der Waals surface area contributed by atoms with Crippen LogP contribution in [0.25, 0.3) is 0 Å². The molecule has 0 spiro atoms. The average Bonchev–Trinajstić information content (AvgIpc) is 2.79. The average molecular weight is 213 g/mol. The van der Waals surface area contributed by atoms with Crippen molar-refractivity contribution in [1.29, 1.82) is 0 Å². The Balaban J connectivity index is 2.27. The molecule has 0 aromatic heterocycles. The summed E-state index contributed by atoms with van der Waals surface area (Å²) in [6, 6.07) is 0. The number of hydrogen-bond donors (Lipinski definition) is 1. The summed E-state index contributed by atoms with van der Waals surface area (Å²) >= 11 is 0. The maximum atomic E-state index is 11.5. The van der Waals surface area contributed by atoms with Crippen LogP contribution in [0.5, 0.6) is 0 Å². The van der Waals surface area contributed by atoms with Gasteiger partial charge in [0, 0.05) is 5.54 Å². The molecule has 1 fully saturated rings. The number of esters is 1. The van der Waals surface area contributed by atoms with Crippen LogP contribution in [0.2, 0.25) is 0 Å². The minimum Gasteiger partial charge on any atom is -0.459 e. The molecule has 1 aliphatic carbocycles. The minimum absolute atomic E-state index is 0.0664. The summed E-state index contributed by atoms with van der Waals surface area (Å²) in [7, 11) is 0. The van der Waals surface area contributed by atoms with E-state index in [-0.39, 0.29) is 17.1 Å². The Morgan fingerprint density at radius 3 is 2.20 bits per heavy atom. The predicted octanol–water partition coefficient (Wildman–Crippen LogP) is 2.11. The van der Waals surface area contributed by atoms with Gasteiger partial charge in [-0.15, -0.1) is 0 Å². The summed E-state index contributed by atoms with van der Waals surface area (Å²) in [6.07, 6.45) is 2.54. The molecule has 1 saturated carbocycles. The van der Waals surface area contributed by atoms with Crippen molar-refractivity contribution >= 4 is 5.97 Å². The van der Waals surface area contributed by atoms with Crippen LogP contribution in [0, 0.1) is 5.92 Å². The van der Waals surface area contributed by atoms with Gasteiger partial charge in [-0.1, -0.05) is 0 Å². The van der Waals surface area contributed by atoms with Gasteiger partial charge < -0.3 is 10.1 Å². The molecule has 0 heterocycles. The highest BCUT2D eigenvalue weighted by atomic mass is 16.6. The fourth-order valence-corrected chi connectivity index (χ4v) is 1.63. The smallest absolute Gasteiger partial charge is 0.320 e. The lowest BCUT2D eigenvalue weighted by atomic mass is 9.99. The second-order valence-electron chi connectivity index (χ2n) is 5.94. The lowest BCUT2D eigenvalue weighted by molar-refractivity contribution is -0.154. The van der Waals surface area contributed by atoms with E-state index in [0.717, 1.165) is 5.92 Å². The van der Waals surface area contributed by atoms with Gasteiger partial charge >= 0.3 is 5.97 Å². The van der Waals surface area contributed by atoms with Crippen molar-refractivity contribution in [3.63, 3.8) is 0 Å². The van der Waals surface area contributed by atoms with Gasteiger partial charge in [-0.05, 0) is 53.4 Å². The number of carbonyl (C=O) groups is 1. The lowest BCUT2D eigenvalue weighted by Gasteiger charge is -2.27. The van der Waals surface area contributed by atoms with Crippen LogP contribution in [0.4, 0.5) is 0 Å². The molecule has 15 heavy (non-hydrogen) atoms. The summed E-state index contributed by atoms with van der Waals surface area (Å²) in [4.78, 5) is 11.5. The summed E-state index contributed by atoms with van der Waals surface area (Å²) < 4.78 is 5.23. The highest BCUT2D eigenvalue weighted by Crippen LogP contribution is 2.38. The molecule has 1 N–H and O–H groups in total. The molecule has 1 rings (SSSR count). The third kappa shape index (κ3) is 4.65. The molecular formula is C12H23NO2. The van der Waals surface area contributed by atoms with Crippen LogP contribution < -0.4 is 5.32 Å². The van der Waals surface area contributed by atoms with Crippen molar-refractivity contribution in [3.8, 4) is 0 Å². The first kappa shape index (κ1) is 12.5. The second kappa shape index (κ2) is 4.12. The van der Waals surface area contributed by atoms with Gasteiger partial charge in [-0.2, -0.15) is 0 Å². The van der Waals surface area contributed by atoms with E-state index in [4.69, 9.17) is 4.74 Å². The van der Waals surface area contributed by atoms with Crippen molar-refractivity contribution < 1.29 is 9.53 Å². The summed E-state index contributed by atoms with van der Waals surface area (Å²) in [5, 5.41) is 3.27. The maximum Gasteiger partial charge on any atom is 0.320 e. The van der Waals surface area contributed by atoms with Gasteiger partial charge in [0.25, 0.3) is 0 Å². The fourth-order valence-electron chi connectivity index (χ4n) is 1.63. The second-order valence-corrected chi connectivity index (χ2v) is 5.94. The Bertz CT molecular complexity index is 236. The normalized spacial score (nSPS) is 17.7. The van der Waals surface area contributed by atoms with Gasteiger partial charge in [-0.3, -0.25) is 4.79 Å². The number of rotatable bonds is 4. The molecule has 0 radical (unpaired) electrons. The van der Waals surface area contributed by atoms with Crippen molar-refractivity contribution in [2.75, 3.05) is 6.54 Å². The van der Waals surface area contributed by atoms with Crippen LogP contribution in [-0.2, 0) is 9.53 Å². The third-order valence-electron chi connectivity index (χ3n) is 2.71. The van der Waals surface area contributed by atoms with E-state index in [1.165, 1.54) is 12.8 Å². The molecule has 0 unspecified atom stereocenters. The molecule has 0 aromatic carbocycles. The monoisotopic (exact) mass is 213 g/mol. The number of nitrogens with one attached hydrogen (secondary N) is 1. The summed E-state index contributed by atoms with van der Waals surface area (Å²) in [5.74, 6) is 0.552. The van der Waals surface area contributed by atoms with Gasteiger partial charge in [0.1, 0.15) is 5.60 Å².